The van der Waals surface area contributed by atoms with Crippen molar-refractivity contribution in [1.82, 2.24) is 4.90 Å². The summed E-state index contributed by atoms with van der Waals surface area (Å²) in [6, 6.07) is 7.85. The number of esters is 1. The minimum absolute atomic E-state index is 0.00719. The van der Waals surface area contributed by atoms with E-state index in [2.05, 4.69) is 11.8 Å². The molecule has 8 heteroatoms. The van der Waals surface area contributed by atoms with E-state index in [0.29, 0.717) is 12.8 Å². The van der Waals surface area contributed by atoms with E-state index >= 15 is 0 Å². The van der Waals surface area contributed by atoms with Crippen LogP contribution in [0, 0.1) is 28.6 Å². The van der Waals surface area contributed by atoms with Crippen LogP contribution in [-0.2, 0) is 36.8 Å². The van der Waals surface area contributed by atoms with E-state index < -0.39 is 40.9 Å². The zero-order valence-corrected chi connectivity index (χ0v) is 24.7. The predicted molar refractivity (Wildman–Crippen MR) is 155 cm³/mol. The zero-order chi connectivity index (χ0) is 29.7. The number of carbonyl (C=O) groups excluding carboxylic acids is 3. The molecule has 4 aliphatic carbocycles. The Hall–Kier alpha value is -2.65. The molecule has 1 heterocycles. The van der Waals surface area contributed by atoms with E-state index in [9.17, 15) is 24.6 Å². The number of morpholine rings is 1. The highest BCUT2D eigenvalue weighted by Crippen LogP contribution is 2.67. The molecule has 7 atom stereocenters. The minimum Gasteiger partial charge on any atom is -0.457 e. The summed E-state index contributed by atoms with van der Waals surface area (Å²) >= 11 is 0. The molecule has 0 aromatic heterocycles. The number of Topliss-reactive ketones (excluding diaryl/α,β-unsaturated/α-hetero) is 1. The van der Waals surface area contributed by atoms with Gasteiger partial charge in [-0.05, 0) is 67.2 Å². The van der Waals surface area contributed by atoms with Crippen molar-refractivity contribution in [2.45, 2.75) is 70.6 Å². The van der Waals surface area contributed by atoms with Gasteiger partial charge >= 0.3 is 5.97 Å². The number of fused-ring (bicyclic) bond motifs is 5. The lowest BCUT2D eigenvalue weighted by molar-refractivity contribution is -0.181. The van der Waals surface area contributed by atoms with Crippen molar-refractivity contribution in [3.63, 3.8) is 0 Å². The first-order valence-electron chi connectivity index (χ1n) is 15.4. The molecule has 3 saturated carbocycles. The van der Waals surface area contributed by atoms with Crippen LogP contribution >= 0.6 is 0 Å². The van der Waals surface area contributed by atoms with Gasteiger partial charge in [0.15, 0.2) is 12.4 Å². The Bertz CT molecular complexity index is 1300. The molecule has 2 N–H and O–H groups in total. The van der Waals surface area contributed by atoms with Crippen LogP contribution in [0.2, 0.25) is 0 Å². The van der Waals surface area contributed by atoms with Crippen LogP contribution in [-0.4, -0.2) is 77.3 Å². The van der Waals surface area contributed by atoms with Gasteiger partial charge in [0.05, 0.1) is 25.7 Å². The number of hydrogen-bond acceptors (Lipinski definition) is 8. The Labute approximate surface area is 247 Å². The van der Waals surface area contributed by atoms with Gasteiger partial charge in [0.1, 0.15) is 5.60 Å². The van der Waals surface area contributed by atoms with E-state index in [1.807, 2.05) is 37.3 Å². The molecule has 8 nitrogen and oxygen atoms in total. The third-order valence-electron chi connectivity index (χ3n) is 11.4. The molecule has 0 bridgehead atoms. The second kappa shape index (κ2) is 11.1. The van der Waals surface area contributed by atoms with E-state index in [-0.39, 0.29) is 36.4 Å². The number of carbonyl (C=O) groups is 3. The van der Waals surface area contributed by atoms with Crippen molar-refractivity contribution in [3.8, 4) is 0 Å². The van der Waals surface area contributed by atoms with Crippen LogP contribution in [0.15, 0.2) is 48.1 Å². The molecule has 6 rings (SSSR count). The van der Waals surface area contributed by atoms with Gasteiger partial charge in [0.25, 0.3) is 0 Å². The molecule has 1 aromatic carbocycles. The van der Waals surface area contributed by atoms with Gasteiger partial charge in [-0.25, -0.2) is 0 Å². The molecular formula is C34H43NO7. The normalized spacial score (nSPS) is 37.8. The van der Waals surface area contributed by atoms with E-state index in [1.54, 1.807) is 12.2 Å². The monoisotopic (exact) mass is 577 g/mol. The predicted octanol–water partition coefficient (Wildman–Crippen LogP) is 3.18. The average molecular weight is 578 g/mol. The number of aliphatic hydroxyl groups excluding tert-OH is 1. The third kappa shape index (κ3) is 5.00. The number of benzene rings is 1. The van der Waals surface area contributed by atoms with Crippen molar-refractivity contribution >= 4 is 17.5 Å². The lowest BCUT2D eigenvalue weighted by Gasteiger charge is -2.59. The summed E-state index contributed by atoms with van der Waals surface area (Å²) in [5.74, 6) is -0.902. The second-order valence-electron chi connectivity index (χ2n) is 13.6. The Balaban J connectivity index is 1.08. The van der Waals surface area contributed by atoms with Crippen LogP contribution in [0.1, 0.15) is 57.1 Å². The first kappa shape index (κ1) is 29.4. The number of hydrogen-bond donors (Lipinski definition) is 2. The lowest BCUT2D eigenvalue weighted by Crippen LogP contribution is -2.61. The maximum Gasteiger partial charge on any atom is 0.310 e. The van der Waals surface area contributed by atoms with Crippen LogP contribution < -0.4 is 0 Å². The summed E-state index contributed by atoms with van der Waals surface area (Å²) in [6.07, 6.45) is 7.45. The summed E-state index contributed by atoms with van der Waals surface area (Å²) in [7, 11) is 0. The van der Waals surface area contributed by atoms with Gasteiger partial charge in [0, 0.05) is 36.4 Å². The average Bonchev–Trinajstić information content (AvgIpc) is 3.24. The molecule has 5 unspecified atom stereocenters. The largest absolute Gasteiger partial charge is 0.457 e. The fraction of sp³-hybridized carbons (Fsp3) is 0.618. The topological polar surface area (TPSA) is 113 Å². The smallest absolute Gasteiger partial charge is 0.310 e. The highest BCUT2D eigenvalue weighted by molar-refractivity contribution is 6.01. The lowest BCUT2D eigenvalue weighted by atomic mass is 9.46. The molecule has 42 heavy (non-hydrogen) atoms. The number of rotatable bonds is 7. The Morgan fingerprint density at radius 1 is 1.10 bits per heavy atom. The van der Waals surface area contributed by atoms with E-state index in [4.69, 9.17) is 9.47 Å². The fourth-order valence-electron chi connectivity index (χ4n) is 9.05. The van der Waals surface area contributed by atoms with Gasteiger partial charge < -0.3 is 19.7 Å². The van der Waals surface area contributed by atoms with Gasteiger partial charge in [-0.2, -0.15) is 0 Å². The Morgan fingerprint density at radius 2 is 1.81 bits per heavy atom. The molecule has 1 saturated heterocycles. The van der Waals surface area contributed by atoms with E-state index in [1.165, 1.54) is 5.56 Å². The molecule has 1 aliphatic heterocycles. The number of aliphatic hydroxyl groups is 2. The molecule has 1 aromatic rings. The highest BCUT2D eigenvalue weighted by Gasteiger charge is 2.68. The molecule has 226 valence electrons. The fourth-order valence-corrected chi connectivity index (χ4v) is 9.05. The maximum absolute atomic E-state index is 13.5. The van der Waals surface area contributed by atoms with Gasteiger partial charge in [0.2, 0.25) is 5.78 Å². The Morgan fingerprint density at radius 3 is 2.55 bits per heavy atom. The van der Waals surface area contributed by atoms with Crippen LogP contribution in [0.4, 0.5) is 0 Å². The third-order valence-corrected chi connectivity index (χ3v) is 11.4. The molecule has 0 radical (unpaired) electrons. The molecule has 0 spiro atoms. The first-order chi connectivity index (χ1) is 20.0. The summed E-state index contributed by atoms with van der Waals surface area (Å²) in [5.41, 5.74) is 0.156. The minimum atomic E-state index is -1.67. The molecular weight excluding hydrogens is 534 g/mol. The van der Waals surface area contributed by atoms with Crippen molar-refractivity contribution in [2.75, 3.05) is 32.9 Å². The van der Waals surface area contributed by atoms with Crippen molar-refractivity contribution < 1.29 is 34.1 Å². The summed E-state index contributed by atoms with van der Waals surface area (Å²) in [5, 5.41) is 23.4. The van der Waals surface area contributed by atoms with Crippen LogP contribution in [0.5, 0.6) is 0 Å². The van der Waals surface area contributed by atoms with Crippen LogP contribution in [0.3, 0.4) is 0 Å². The van der Waals surface area contributed by atoms with Crippen molar-refractivity contribution in [1.29, 1.82) is 0 Å². The summed E-state index contributed by atoms with van der Waals surface area (Å²) in [6.45, 7) is 7.70. The quantitative estimate of drug-likeness (QED) is 0.475. The molecule has 0 amide bonds. The molecule has 5 aliphatic rings. The zero-order valence-electron chi connectivity index (χ0n) is 24.7. The van der Waals surface area contributed by atoms with Gasteiger partial charge in [-0.3, -0.25) is 19.3 Å². The van der Waals surface area contributed by atoms with Gasteiger partial charge in [-0.15, -0.1) is 0 Å². The summed E-state index contributed by atoms with van der Waals surface area (Å²) in [4.78, 5) is 40.6. The molecule has 4 fully saturated rings. The number of allylic oxidation sites excluding steroid dienone is 4. The highest BCUT2D eigenvalue weighted by atomic mass is 16.5. The van der Waals surface area contributed by atoms with E-state index in [0.717, 1.165) is 56.8 Å². The van der Waals surface area contributed by atoms with Crippen LogP contribution in [0.25, 0.3) is 0 Å². The first-order valence-corrected chi connectivity index (χ1v) is 15.4. The van der Waals surface area contributed by atoms with Crippen molar-refractivity contribution in [3.05, 3.63) is 59.2 Å². The maximum atomic E-state index is 13.5. The second-order valence-corrected chi connectivity index (χ2v) is 13.6. The van der Waals surface area contributed by atoms with Gasteiger partial charge in [-0.1, -0.05) is 49.8 Å². The number of ketones is 2. The SMILES string of the molecule is CC12C=CC(=O)C=C1CCC1C2[C@@H](O)CC2(C)C1CC[C@]2(O)C(=O)COC(=O)Cc1ccc(CN2CCOCC2)cc1. The number of nitrogens with zero attached hydrogens (tertiary/aromatic N) is 1. The van der Waals surface area contributed by atoms with Crippen molar-refractivity contribution in [2.24, 2.45) is 28.6 Å². The standard InChI is InChI=1S/C34H43NO7/c1-32-11-9-25(36)18-24(32)7-8-26-27-10-12-34(40,33(27,2)19-28(37)31(26)32)29(38)21-42-30(39)17-22-3-5-23(6-4-22)20-35-13-15-41-16-14-35/h3-6,9,11,18,26-28,31,37,40H,7-8,10,12-17,19-21H2,1-2H3/t26?,27?,28-,31?,32?,33?,34-/m0/s1. The Kier molecular flexibility index (Phi) is 7.79. The number of ether oxygens (including phenoxy) is 2. The summed E-state index contributed by atoms with van der Waals surface area (Å²) < 4.78 is 10.8.